The highest BCUT2D eigenvalue weighted by Gasteiger charge is 2.11. The van der Waals surface area contributed by atoms with E-state index in [-0.39, 0.29) is 10.6 Å². The smallest absolute Gasteiger partial charge is 0.269 e. The molecule has 0 saturated carbocycles. The minimum Gasteiger partial charge on any atom is -0.330 e. The van der Waals surface area contributed by atoms with Crippen LogP contribution in [0.3, 0.4) is 0 Å². The molecule has 0 fully saturated rings. The molecule has 0 unspecified atom stereocenters. The van der Waals surface area contributed by atoms with Crippen LogP contribution in [0.5, 0.6) is 0 Å². The van der Waals surface area contributed by atoms with E-state index in [4.69, 9.17) is 10.7 Å². The van der Waals surface area contributed by atoms with Gasteiger partial charge in [-0.3, -0.25) is 10.1 Å². The van der Waals surface area contributed by atoms with Crippen LogP contribution in [0.15, 0.2) is 48.5 Å². The number of hydrogen-bond acceptors (Lipinski definition) is 4. The van der Waals surface area contributed by atoms with Crippen LogP contribution < -0.4 is 5.73 Å². The van der Waals surface area contributed by atoms with Crippen LogP contribution in [0.25, 0.3) is 11.0 Å². The molecule has 3 aromatic rings. The first-order chi connectivity index (χ1) is 11.2. The predicted octanol–water partition coefficient (Wildman–Crippen LogP) is 2.88. The second-order valence-corrected chi connectivity index (χ2v) is 5.42. The highest BCUT2D eigenvalue weighted by molar-refractivity contribution is 5.76. The van der Waals surface area contributed by atoms with Gasteiger partial charge in [-0.05, 0) is 30.7 Å². The third-order valence-electron chi connectivity index (χ3n) is 3.83. The highest BCUT2D eigenvalue weighted by Crippen LogP contribution is 2.20. The number of nitro groups is 1. The van der Waals surface area contributed by atoms with Gasteiger partial charge in [0.1, 0.15) is 5.82 Å². The first-order valence-electron chi connectivity index (χ1n) is 7.56. The summed E-state index contributed by atoms with van der Waals surface area (Å²) in [5.74, 6) is 0.995. The van der Waals surface area contributed by atoms with Crippen molar-refractivity contribution >= 4 is 16.7 Å². The van der Waals surface area contributed by atoms with Crippen LogP contribution in [0, 0.1) is 10.1 Å². The first kappa shape index (κ1) is 15.2. The second kappa shape index (κ2) is 6.58. The first-order valence-corrected chi connectivity index (χ1v) is 7.56. The van der Waals surface area contributed by atoms with E-state index < -0.39 is 0 Å². The van der Waals surface area contributed by atoms with E-state index in [0.29, 0.717) is 13.1 Å². The van der Waals surface area contributed by atoms with Crippen LogP contribution >= 0.6 is 0 Å². The molecule has 1 aromatic heterocycles. The molecule has 0 atom stereocenters. The number of rotatable bonds is 6. The average molecular weight is 310 g/mol. The molecule has 0 radical (unpaired) electrons. The number of fused-ring (bicyclic) bond motifs is 1. The standard InChI is InChI=1S/C17H18N4O2/c18-11-3-6-17-19-15-4-1-2-5-16(15)20(17)12-13-7-9-14(10-8-13)21(22)23/h1-2,4-5,7-10H,3,6,11-12,18H2. The topological polar surface area (TPSA) is 87.0 Å². The summed E-state index contributed by atoms with van der Waals surface area (Å²) in [6.07, 6.45) is 1.70. The van der Waals surface area contributed by atoms with E-state index in [9.17, 15) is 10.1 Å². The van der Waals surface area contributed by atoms with Gasteiger partial charge in [-0.25, -0.2) is 4.98 Å². The van der Waals surface area contributed by atoms with Gasteiger partial charge in [-0.15, -0.1) is 0 Å². The Morgan fingerprint density at radius 3 is 2.57 bits per heavy atom. The lowest BCUT2D eigenvalue weighted by atomic mass is 10.2. The summed E-state index contributed by atoms with van der Waals surface area (Å²) in [5.41, 5.74) is 8.76. The van der Waals surface area contributed by atoms with Crippen molar-refractivity contribution in [1.82, 2.24) is 9.55 Å². The van der Waals surface area contributed by atoms with Crippen molar-refractivity contribution in [3.63, 3.8) is 0 Å². The normalized spacial score (nSPS) is 11.0. The van der Waals surface area contributed by atoms with E-state index in [2.05, 4.69) is 4.57 Å². The molecule has 0 aliphatic carbocycles. The Hall–Kier alpha value is -2.73. The van der Waals surface area contributed by atoms with E-state index in [1.54, 1.807) is 12.1 Å². The predicted molar refractivity (Wildman–Crippen MR) is 89.3 cm³/mol. The Balaban J connectivity index is 1.95. The van der Waals surface area contributed by atoms with Crippen molar-refractivity contribution in [3.8, 4) is 0 Å². The van der Waals surface area contributed by atoms with Gasteiger partial charge < -0.3 is 10.3 Å². The van der Waals surface area contributed by atoms with Gasteiger partial charge in [-0.1, -0.05) is 24.3 Å². The van der Waals surface area contributed by atoms with Crippen LogP contribution in [0.4, 0.5) is 5.69 Å². The molecule has 0 bridgehead atoms. The maximum Gasteiger partial charge on any atom is 0.269 e. The number of hydrogen-bond donors (Lipinski definition) is 1. The highest BCUT2D eigenvalue weighted by atomic mass is 16.6. The molecular weight excluding hydrogens is 292 g/mol. The zero-order valence-corrected chi connectivity index (χ0v) is 12.7. The molecule has 1 heterocycles. The minimum atomic E-state index is -0.386. The third kappa shape index (κ3) is 3.22. The number of aryl methyl sites for hydroxylation is 1. The summed E-state index contributed by atoms with van der Waals surface area (Å²) in [6.45, 7) is 1.26. The Bertz CT molecular complexity index is 824. The van der Waals surface area contributed by atoms with Crippen molar-refractivity contribution in [2.24, 2.45) is 5.73 Å². The number of aromatic nitrogens is 2. The Kier molecular flexibility index (Phi) is 4.34. The molecule has 2 N–H and O–H groups in total. The third-order valence-corrected chi connectivity index (χ3v) is 3.83. The molecule has 3 rings (SSSR count). The van der Waals surface area contributed by atoms with Crippen molar-refractivity contribution in [2.45, 2.75) is 19.4 Å². The summed E-state index contributed by atoms with van der Waals surface area (Å²) in [4.78, 5) is 15.1. The summed E-state index contributed by atoms with van der Waals surface area (Å²) in [7, 11) is 0. The van der Waals surface area contributed by atoms with Crippen LogP contribution in [-0.4, -0.2) is 21.0 Å². The van der Waals surface area contributed by atoms with Crippen LogP contribution in [0.2, 0.25) is 0 Å². The van der Waals surface area contributed by atoms with Gasteiger partial charge in [0.15, 0.2) is 0 Å². The van der Waals surface area contributed by atoms with E-state index in [0.717, 1.165) is 35.3 Å². The fourth-order valence-corrected chi connectivity index (χ4v) is 2.66. The molecule has 23 heavy (non-hydrogen) atoms. The van der Waals surface area contributed by atoms with Gasteiger partial charge in [0, 0.05) is 25.1 Å². The fraction of sp³-hybridized carbons (Fsp3) is 0.235. The molecule has 0 spiro atoms. The summed E-state index contributed by atoms with van der Waals surface area (Å²) >= 11 is 0. The van der Waals surface area contributed by atoms with E-state index >= 15 is 0 Å². The van der Waals surface area contributed by atoms with Gasteiger partial charge in [0.05, 0.1) is 16.0 Å². The molecule has 0 amide bonds. The Labute approximate surface area is 133 Å². The molecule has 0 saturated heterocycles. The van der Waals surface area contributed by atoms with Gasteiger partial charge in [0.25, 0.3) is 5.69 Å². The van der Waals surface area contributed by atoms with E-state index in [1.165, 1.54) is 12.1 Å². The summed E-state index contributed by atoms with van der Waals surface area (Å²) < 4.78 is 2.16. The number of nitrogens with two attached hydrogens (primary N) is 1. The average Bonchev–Trinajstić information content (AvgIpc) is 2.91. The lowest BCUT2D eigenvalue weighted by Gasteiger charge is -2.09. The lowest BCUT2D eigenvalue weighted by molar-refractivity contribution is -0.384. The molecule has 118 valence electrons. The molecule has 6 nitrogen and oxygen atoms in total. The lowest BCUT2D eigenvalue weighted by Crippen LogP contribution is -2.08. The number of non-ortho nitro benzene ring substituents is 1. The number of benzene rings is 2. The summed E-state index contributed by atoms with van der Waals surface area (Å²) in [5, 5.41) is 10.8. The molecule has 6 heteroatoms. The minimum absolute atomic E-state index is 0.104. The van der Waals surface area contributed by atoms with Crippen molar-refractivity contribution in [1.29, 1.82) is 0 Å². The van der Waals surface area contributed by atoms with Gasteiger partial charge in [0.2, 0.25) is 0 Å². The number of nitro benzene ring substituents is 1. The van der Waals surface area contributed by atoms with Crippen molar-refractivity contribution < 1.29 is 4.92 Å². The Morgan fingerprint density at radius 2 is 1.87 bits per heavy atom. The van der Waals surface area contributed by atoms with Gasteiger partial charge >= 0.3 is 0 Å². The number of imidazole rings is 1. The maximum atomic E-state index is 10.8. The quantitative estimate of drug-likeness (QED) is 0.560. The molecule has 0 aliphatic rings. The largest absolute Gasteiger partial charge is 0.330 e. The second-order valence-electron chi connectivity index (χ2n) is 5.42. The zero-order valence-electron chi connectivity index (χ0n) is 12.7. The van der Waals surface area contributed by atoms with Crippen LogP contribution in [0.1, 0.15) is 17.8 Å². The SMILES string of the molecule is NCCCc1nc2ccccc2n1Cc1ccc([N+](=O)[O-])cc1. The summed E-state index contributed by atoms with van der Waals surface area (Å²) in [6, 6.07) is 14.6. The molecule has 0 aliphatic heterocycles. The molecule has 2 aromatic carbocycles. The van der Waals surface area contributed by atoms with Gasteiger partial charge in [-0.2, -0.15) is 0 Å². The number of para-hydroxylation sites is 2. The van der Waals surface area contributed by atoms with Crippen LogP contribution in [-0.2, 0) is 13.0 Å². The monoisotopic (exact) mass is 310 g/mol. The Morgan fingerprint density at radius 1 is 1.13 bits per heavy atom. The fourth-order valence-electron chi connectivity index (χ4n) is 2.66. The maximum absolute atomic E-state index is 10.8. The number of nitrogens with zero attached hydrogens (tertiary/aromatic N) is 3. The van der Waals surface area contributed by atoms with Crippen molar-refractivity contribution in [3.05, 3.63) is 70.0 Å². The zero-order chi connectivity index (χ0) is 16.2. The van der Waals surface area contributed by atoms with Crippen molar-refractivity contribution in [2.75, 3.05) is 6.54 Å². The molecular formula is C17H18N4O2. The van der Waals surface area contributed by atoms with E-state index in [1.807, 2.05) is 24.3 Å².